The number of carbonyl (C=O) groups is 2. The Morgan fingerprint density at radius 1 is 1.54 bits per heavy atom. The molecule has 1 aliphatic rings. The van der Waals surface area contributed by atoms with Crippen LogP contribution in [0.1, 0.15) is 35.7 Å². The van der Waals surface area contributed by atoms with Crippen LogP contribution in [0.15, 0.2) is 24.7 Å². The van der Waals surface area contributed by atoms with Gasteiger partial charge in [-0.2, -0.15) is 0 Å². The Morgan fingerprint density at radius 2 is 2.33 bits per heavy atom. The SMILES string of the molecule is CCN1C(=O)C[C@@H](CNC(=O)c2cc(Cl)c[nH]2)[C@@H]1c1nccn1C. The van der Waals surface area contributed by atoms with Crippen LogP contribution in [0.4, 0.5) is 0 Å². The second kappa shape index (κ2) is 6.68. The van der Waals surface area contributed by atoms with Gasteiger partial charge in [0.15, 0.2) is 0 Å². The van der Waals surface area contributed by atoms with E-state index in [0.29, 0.717) is 30.2 Å². The highest BCUT2D eigenvalue weighted by Crippen LogP contribution is 2.36. The average molecular weight is 350 g/mol. The Kier molecular flexibility index (Phi) is 4.62. The highest BCUT2D eigenvalue weighted by atomic mass is 35.5. The summed E-state index contributed by atoms with van der Waals surface area (Å²) in [4.78, 5) is 33.5. The molecule has 3 rings (SSSR count). The van der Waals surface area contributed by atoms with Crippen molar-refractivity contribution in [3.8, 4) is 0 Å². The Bertz CT molecular complexity index is 753. The van der Waals surface area contributed by atoms with Gasteiger partial charge in [-0.15, -0.1) is 0 Å². The minimum Gasteiger partial charge on any atom is -0.356 e. The van der Waals surface area contributed by atoms with Crippen molar-refractivity contribution in [1.29, 1.82) is 0 Å². The van der Waals surface area contributed by atoms with Crippen LogP contribution < -0.4 is 5.32 Å². The number of aryl methyl sites for hydroxylation is 1. The quantitative estimate of drug-likeness (QED) is 0.862. The number of aromatic amines is 1. The smallest absolute Gasteiger partial charge is 0.267 e. The molecule has 0 radical (unpaired) electrons. The number of nitrogens with one attached hydrogen (secondary N) is 2. The monoisotopic (exact) mass is 349 g/mol. The lowest BCUT2D eigenvalue weighted by Gasteiger charge is -2.27. The van der Waals surface area contributed by atoms with Gasteiger partial charge in [-0.05, 0) is 13.0 Å². The molecule has 1 saturated heterocycles. The Hall–Kier alpha value is -2.28. The van der Waals surface area contributed by atoms with Crippen LogP contribution in [0, 0.1) is 5.92 Å². The minimum atomic E-state index is -0.233. The van der Waals surface area contributed by atoms with Crippen LogP contribution in [-0.4, -0.2) is 44.3 Å². The number of H-pyrrole nitrogens is 1. The molecule has 0 aliphatic carbocycles. The summed E-state index contributed by atoms with van der Waals surface area (Å²) in [5.41, 5.74) is 0.408. The zero-order valence-electron chi connectivity index (χ0n) is 13.6. The zero-order valence-corrected chi connectivity index (χ0v) is 14.4. The standard InChI is InChI=1S/C16H20ClN5O2/c1-3-22-13(23)6-10(14(22)15-18-4-5-21(15)2)8-20-16(24)12-7-11(17)9-19-12/h4-5,7,9-10,14,19H,3,6,8H2,1-2H3,(H,20,24)/t10-,14+/m0/s1. The van der Waals surface area contributed by atoms with Crippen molar-refractivity contribution >= 4 is 23.4 Å². The molecule has 0 bridgehead atoms. The van der Waals surface area contributed by atoms with Crippen LogP contribution in [-0.2, 0) is 11.8 Å². The maximum Gasteiger partial charge on any atom is 0.267 e. The van der Waals surface area contributed by atoms with Crippen molar-refractivity contribution in [3.05, 3.63) is 41.2 Å². The van der Waals surface area contributed by atoms with E-state index < -0.39 is 0 Å². The van der Waals surface area contributed by atoms with Gasteiger partial charge >= 0.3 is 0 Å². The maximum atomic E-state index is 12.3. The fourth-order valence-corrected chi connectivity index (χ4v) is 3.41. The average Bonchev–Trinajstić information content (AvgIpc) is 3.23. The lowest BCUT2D eigenvalue weighted by molar-refractivity contribution is -0.128. The number of nitrogens with zero attached hydrogens (tertiary/aromatic N) is 3. The number of hydrogen-bond acceptors (Lipinski definition) is 3. The van der Waals surface area contributed by atoms with Crippen molar-refractivity contribution in [3.63, 3.8) is 0 Å². The van der Waals surface area contributed by atoms with E-state index in [1.54, 1.807) is 18.5 Å². The molecule has 1 fully saturated rings. The minimum absolute atomic E-state index is 0.0204. The summed E-state index contributed by atoms with van der Waals surface area (Å²) in [5.74, 6) is 0.674. The summed E-state index contributed by atoms with van der Waals surface area (Å²) < 4.78 is 1.92. The molecule has 0 aromatic carbocycles. The zero-order chi connectivity index (χ0) is 17.3. The molecule has 2 N–H and O–H groups in total. The first kappa shape index (κ1) is 16.6. The molecule has 2 atom stereocenters. The van der Waals surface area contributed by atoms with E-state index in [4.69, 9.17) is 11.6 Å². The molecule has 2 amide bonds. The van der Waals surface area contributed by atoms with Crippen LogP contribution in [0.5, 0.6) is 0 Å². The van der Waals surface area contributed by atoms with Crippen LogP contribution in [0.3, 0.4) is 0 Å². The number of hydrogen-bond donors (Lipinski definition) is 2. The van der Waals surface area contributed by atoms with E-state index >= 15 is 0 Å². The summed E-state index contributed by atoms with van der Waals surface area (Å²) in [7, 11) is 1.91. The molecule has 1 aliphatic heterocycles. The predicted molar refractivity (Wildman–Crippen MR) is 89.6 cm³/mol. The van der Waals surface area contributed by atoms with Gasteiger partial charge in [-0.25, -0.2) is 4.98 Å². The number of likely N-dealkylation sites (tertiary alicyclic amines) is 1. The van der Waals surface area contributed by atoms with Gasteiger partial charge < -0.3 is 19.8 Å². The molecule has 8 heteroatoms. The fourth-order valence-electron chi connectivity index (χ4n) is 3.25. The molecule has 0 saturated carbocycles. The van der Waals surface area contributed by atoms with E-state index in [1.165, 1.54) is 0 Å². The van der Waals surface area contributed by atoms with Crippen LogP contribution in [0.2, 0.25) is 5.02 Å². The Balaban J connectivity index is 1.74. The summed E-state index contributed by atoms with van der Waals surface area (Å²) in [6.07, 6.45) is 5.55. The van der Waals surface area contributed by atoms with Gasteiger partial charge in [-0.1, -0.05) is 11.6 Å². The molecule has 7 nitrogen and oxygen atoms in total. The van der Waals surface area contributed by atoms with Crippen molar-refractivity contribution < 1.29 is 9.59 Å². The third-order valence-electron chi connectivity index (χ3n) is 4.42. The van der Waals surface area contributed by atoms with E-state index in [1.807, 2.05) is 29.6 Å². The third kappa shape index (κ3) is 3.03. The van der Waals surface area contributed by atoms with Gasteiger partial charge in [0.25, 0.3) is 5.91 Å². The molecule has 0 unspecified atom stereocenters. The summed E-state index contributed by atoms with van der Waals surface area (Å²) in [6.45, 7) is 2.97. The number of imidazole rings is 1. The lowest BCUT2D eigenvalue weighted by Crippen LogP contribution is -2.35. The van der Waals surface area contributed by atoms with Crippen LogP contribution in [0.25, 0.3) is 0 Å². The topological polar surface area (TPSA) is 83.0 Å². The third-order valence-corrected chi connectivity index (χ3v) is 4.64. The Morgan fingerprint density at radius 3 is 2.92 bits per heavy atom. The van der Waals surface area contributed by atoms with Crippen LogP contribution >= 0.6 is 11.6 Å². The molecular weight excluding hydrogens is 330 g/mol. The fraction of sp³-hybridized carbons (Fsp3) is 0.438. The van der Waals surface area contributed by atoms with Crippen molar-refractivity contribution in [2.24, 2.45) is 13.0 Å². The largest absolute Gasteiger partial charge is 0.356 e. The van der Waals surface area contributed by atoms with E-state index in [-0.39, 0.29) is 23.8 Å². The first-order valence-corrected chi connectivity index (χ1v) is 8.27. The first-order chi connectivity index (χ1) is 11.5. The molecular formula is C16H20ClN5O2. The Labute approximate surface area is 145 Å². The highest BCUT2D eigenvalue weighted by molar-refractivity contribution is 6.30. The van der Waals surface area contributed by atoms with Crippen molar-refractivity contribution in [1.82, 2.24) is 24.8 Å². The molecule has 0 spiro atoms. The number of amides is 2. The van der Waals surface area contributed by atoms with E-state index in [0.717, 1.165) is 5.82 Å². The predicted octanol–water partition coefficient (Wildman–Crippen LogP) is 1.74. The molecule has 2 aromatic heterocycles. The normalized spacial score (nSPS) is 20.6. The van der Waals surface area contributed by atoms with Gasteiger partial charge in [0, 0.05) is 51.1 Å². The number of aromatic nitrogens is 3. The number of rotatable bonds is 5. The van der Waals surface area contributed by atoms with Gasteiger partial charge in [-0.3, -0.25) is 9.59 Å². The summed E-state index contributed by atoms with van der Waals surface area (Å²) in [5, 5.41) is 3.37. The van der Waals surface area contributed by atoms with Crippen molar-refractivity contribution in [2.75, 3.05) is 13.1 Å². The second-order valence-electron chi connectivity index (χ2n) is 5.93. The molecule has 24 heavy (non-hydrogen) atoms. The van der Waals surface area contributed by atoms with Crippen molar-refractivity contribution in [2.45, 2.75) is 19.4 Å². The molecule has 128 valence electrons. The number of halogens is 1. The van der Waals surface area contributed by atoms with E-state index in [2.05, 4.69) is 15.3 Å². The highest BCUT2D eigenvalue weighted by Gasteiger charge is 2.41. The summed E-state index contributed by atoms with van der Waals surface area (Å²) in [6, 6.07) is 1.45. The molecule has 2 aromatic rings. The summed E-state index contributed by atoms with van der Waals surface area (Å²) >= 11 is 5.82. The van der Waals surface area contributed by atoms with Gasteiger partial charge in [0.1, 0.15) is 11.5 Å². The first-order valence-electron chi connectivity index (χ1n) is 7.90. The van der Waals surface area contributed by atoms with Gasteiger partial charge in [0.05, 0.1) is 11.1 Å². The lowest BCUT2D eigenvalue weighted by atomic mass is 9.99. The molecule has 3 heterocycles. The maximum absolute atomic E-state index is 12.3. The number of carbonyl (C=O) groups excluding carboxylic acids is 2. The van der Waals surface area contributed by atoms with Gasteiger partial charge in [0.2, 0.25) is 5.91 Å². The van der Waals surface area contributed by atoms with E-state index in [9.17, 15) is 9.59 Å². The second-order valence-corrected chi connectivity index (χ2v) is 6.36.